The average Bonchev–Trinajstić information content (AvgIpc) is 2.85. The lowest BCUT2D eigenvalue weighted by molar-refractivity contribution is -0.117. The number of aryl methyl sites for hydroxylation is 1. The van der Waals surface area contributed by atoms with Gasteiger partial charge in [-0.1, -0.05) is 17.7 Å². The van der Waals surface area contributed by atoms with Crippen LogP contribution in [0.5, 0.6) is 0 Å². The van der Waals surface area contributed by atoms with Crippen molar-refractivity contribution in [1.82, 2.24) is 9.21 Å². The smallest absolute Gasteiger partial charge is 0.243 e. The highest BCUT2D eigenvalue weighted by Gasteiger charge is 2.27. The molecule has 0 bridgehead atoms. The van der Waals surface area contributed by atoms with E-state index in [0.717, 1.165) is 5.56 Å². The van der Waals surface area contributed by atoms with Crippen molar-refractivity contribution in [3.8, 4) is 0 Å². The van der Waals surface area contributed by atoms with E-state index < -0.39 is 25.8 Å². The first-order chi connectivity index (χ1) is 12.6. The quantitative estimate of drug-likeness (QED) is 0.635. The minimum Gasteiger partial charge on any atom is -0.370 e. The molecule has 0 radical (unpaired) electrons. The maximum atomic E-state index is 12.8. The molecule has 1 aliphatic heterocycles. The van der Waals surface area contributed by atoms with Crippen LogP contribution in [0.3, 0.4) is 0 Å². The van der Waals surface area contributed by atoms with Gasteiger partial charge >= 0.3 is 0 Å². The lowest BCUT2D eigenvalue weighted by Crippen LogP contribution is -2.36. The third-order valence-corrected chi connectivity index (χ3v) is 8.13. The largest absolute Gasteiger partial charge is 0.370 e. The summed E-state index contributed by atoms with van der Waals surface area (Å²) in [6.07, 6.45) is 0.456. The lowest BCUT2D eigenvalue weighted by atomic mass is 10.2. The van der Waals surface area contributed by atoms with Crippen LogP contribution in [-0.2, 0) is 24.7 Å². The Hall–Kier alpha value is -1.49. The van der Waals surface area contributed by atoms with Gasteiger partial charge in [-0.25, -0.2) is 16.8 Å². The molecule has 0 aromatic heterocycles. The molecular formula is C17H27N3O5S2. The van der Waals surface area contributed by atoms with Gasteiger partial charge in [0.05, 0.1) is 16.4 Å². The number of hydrogen-bond acceptors (Lipinski definition) is 6. The van der Waals surface area contributed by atoms with Crippen LogP contribution in [0.4, 0.5) is 0 Å². The van der Waals surface area contributed by atoms with Crippen molar-refractivity contribution in [3.63, 3.8) is 0 Å². The van der Waals surface area contributed by atoms with Crippen LogP contribution in [-0.4, -0.2) is 76.2 Å². The molecule has 1 aromatic rings. The summed E-state index contributed by atoms with van der Waals surface area (Å²) >= 11 is 0. The van der Waals surface area contributed by atoms with Crippen LogP contribution in [0.25, 0.3) is 0 Å². The van der Waals surface area contributed by atoms with Crippen LogP contribution in [0.2, 0.25) is 0 Å². The van der Waals surface area contributed by atoms with Gasteiger partial charge in [0.1, 0.15) is 0 Å². The second-order valence-electron chi connectivity index (χ2n) is 6.78. The Bertz CT molecular complexity index is 851. The minimum absolute atomic E-state index is 0.0645. The maximum Gasteiger partial charge on any atom is 0.243 e. The zero-order valence-corrected chi connectivity index (χ0v) is 17.1. The molecule has 1 fully saturated rings. The number of sulfone groups is 1. The number of hydrogen-bond donors (Lipinski definition) is 1. The summed E-state index contributed by atoms with van der Waals surface area (Å²) in [6.45, 7) is 4.04. The van der Waals surface area contributed by atoms with Gasteiger partial charge in [0.2, 0.25) is 15.9 Å². The Morgan fingerprint density at radius 2 is 1.67 bits per heavy atom. The summed E-state index contributed by atoms with van der Waals surface area (Å²) in [5.74, 6) is -0.944. The summed E-state index contributed by atoms with van der Waals surface area (Å²) in [4.78, 5) is 13.0. The molecule has 0 atom stereocenters. The monoisotopic (exact) mass is 417 g/mol. The first kappa shape index (κ1) is 21.8. The van der Waals surface area contributed by atoms with Gasteiger partial charge in [-0.15, -0.1) is 0 Å². The molecule has 1 amide bonds. The van der Waals surface area contributed by atoms with Gasteiger partial charge in [0.25, 0.3) is 0 Å². The Morgan fingerprint density at radius 1 is 1.00 bits per heavy atom. The standard InChI is InChI=1S/C17H27N3O5S2/c1-15-3-5-16(6-4-15)27(24,25)20-9-2-8-19(10-11-20)12-14-26(22,23)13-7-17(18)21/h3-6H,2,7-14H2,1H3,(H2,18,21). The third-order valence-electron chi connectivity index (χ3n) is 4.58. The van der Waals surface area contributed by atoms with E-state index in [1.807, 2.05) is 11.8 Å². The van der Waals surface area contributed by atoms with Gasteiger partial charge in [0, 0.05) is 32.6 Å². The molecule has 27 heavy (non-hydrogen) atoms. The predicted octanol–water partition coefficient (Wildman–Crippen LogP) is -0.0184. The molecule has 1 aromatic carbocycles. The van der Waals surface area contributed by atoms with Crippen molar-refractivity contribution < 1.29 is 21.6 Å². The zero-order chi connectivity index (χ0) is 20.1. The predicted molar refractivity (Wildman–Crippen MR) is 103 cm³/mol. The van der Waals surface area contributed by atoms with E-state index in [2.05, 4.69) is 0 Å². The van der Waals surface area contributed by atoms with Gasteiger partial charge in [-0.05, 0) is 32.0 Å². The highest BCUT2D eigenvalue weighted by molar-refractivity contribution is 7.91. The fourth-order valence-electron chi connectivity index (χ4n) is 2.90. The molecule has 1 aliphatic rings. The Labute approximate surface area is 161 Å². The van der Waals surface area contributed by atoms with Crippen LogP contribution < -0.4 is 5.73 Å². The minimum atomic E-state index is -3.55. The highest BCUT2D eigenvalue weighted by atomic mass is 32.2. The first-order valence-electron chi connectivity index (χ1n) is 8.88. The van der Waals surface area contributed by atoms with E-state index in [-0.39, 0.29) is 22.8 Å². The number of amides is 1. The fraction of sp³-hybridized carbons (Fsp3) is 0.588. The summed E-state index contributed by atoms with van der Waals surface area (Å²) in [5.41, 5.74) is 5.99. The van der Waals surface area contributed by atoms with Crippen LogP contribution in [0.1, 0.15) is 18.4 Å². The van der Waals surface area contributed by atoms with E-state index in [1.165, 1.54) is 4.31 Å². The molecule has 152 valence electrons. The molecule has 0 aliphatic carbocycles. The van der Waals surface area contributed by atoms with Crippen molar-refractivity contribution in [1.29, 1.82) is 0 Å². The van der Waals surface area contributed by atoms with Gasteiger partial charge in [-0.3, -0.25) is 4.79 Å². The molecule has 2 rings (SSSR count). The molecular weight excluding hydrogens is 390 g/mol. The van der Waals surface area contributed by atoms with Crippen LogP contribution >= 0.6 is 0 Å². The van der Waals surface area contributed by atoms with Crippen LogP contribution in [0, 0.1) is 6.92 Å². The molecule has 0 spiro atoms. The second-order valence-corrected chi connectivity index (χ2v) is 11.0. The Balaban J connectivity index is 1.93. The third kappa shape index (κ3) is 6.56. The Morgan fingerprint density at radius 3 is 2.30 bits per heavy atom. The molecule has 8 nitrogen and oxygen atoms in total. The van der Waals surface area contributed by atoms with Gasteiger partial charge < -0.3 is 10.6 Å². The molecule has 10 heteroatoms. The number of benzene rings is 1. The van der Waals surface area contributed by atoms with E-state index in [1.54, 1.807) is 24.3 Å². The topological polar surface area (TPSA) is 118 Å². The van der Waals surface area contributed by atoms with Crippen molar-refractivity contribution >= 4 is 25.8 Å². The average molecular weight is 418 g/mol. The number of primary amides is 1. The Kier molecular flexibility index (Phi) is 7.38. The number of sulfonamides is 1. The van der Waals surface area contributed by atoms with Gasteiger partial charge in [-0.2, -0.15) is 4.31 Å². The molecule has 1 saturated heterocycles. The van der Waals surface area contributed by atoms with Crippen molar-refractivity contribution in [2.75, 3.05) is 44.2 Å². The van der Waals surface area contributed by atoms with E-state index in [9.17, 15) is 21.6 Å². The summed E-state index contributed by atoms with van der Waals surface area (Å²) in [6, 6.07) is 6.76. The second kappa shape index (κ2) is 9.13. The van der Waals surface area contributed by atoms with E-state index in [4.69, 9.17) is 5.73 Å². The summed E-state index contributed by atoms with van der Waals surface area (Å²) in [5, 5.41) is 0. The first-order valence-corrected chi connectivity index (χ1v) is 12.1. The maximum absolute atomic E-state index is 12.8. The van der Waals surface area contributed by atoms with Crippen molar-refractivity contribution in [2.45, 2.75) is 24.7 Å². The summed E-state index contributed by atoms with van der Waals surface area (Å²) < 4.78 is 51.0. The van der Waals surface area contributed by atoms with E-state index in [0.29, 0.717) is 39.1 Å². The van der Waals surface area contributed by atoms with Crippen molar-refractivity contribution in [2.24, 2.45) is 5.73 Å². The van der Waals surface area contributed by atoms with Gasteiger partial charge in [0.15, 0.2) is 9.84 Å². The highest BCUT2D eigenvalue weighted by Crippen LogP contribution is 2.18. The number of nitrogens with zero attached hydrogens (tertiary/aromatic N) is 2. The fourth-order valence-corrected chi connectivity index (χ4v) is 5.62. The number of carbonyl (C=O) groups is 1. The zero-order valence-electron chi connectivity index (χ0n) is 15.5. The summed E-state index contributed by atoms with van der Waals surface area (Å²) in [7, 11) is -6.90. The number of nitrogens with two attached hydrogens (primary N) is 1. The molecule has 0 saturated carbocycles. The lowest BCUT2D eigenvalue weighted by Gasteiger charge is -2.21. The number of carbonyl (C=O) groups excluding carboxylic acids is 1. The molecule has 1 heterocycles. The number of rotatable bonds is 8. The molecule has 0 unspecified atom stereocenters. The normalized spacial score (nSPS) is 17.5. The SMILES string of the molecule is Cc1ccc(S(=O)(=O)N2CCCN(CCS(=O)(=O)CCC(N)=O)CC2)cc1. The van der Waals surface area contributed by atoms with Crippen LogP contribution in [0.15, 0.2) is 29.2 Å². The van der Waals surface area contributed by atoms with E-state index >= 15 is 0 Å². The van der Waals surface area contributed by atoms with Crippen molar-refractivity contribution in [3.05, 3.63) is 29.8 Å². The molecule has 2 N–H and O–H groups in total.